The molecule has 0 saturated carbocycles. The van der Waals surface area contributed by atoms with Gasteiger partial charge < -0.3 is 14.9 Å². The smallest absolute Gasteiger partial charge is 0.339 e. The van der Waals surface area contributed by atoms with Crippen molar-refractivity contribution in [3.05, 3.63) is 64.7 Å². The molecule has 4 N–H and O–H groups in total. The van der Waals surface area contributed by atoms with Gasteiger partial charge in [0.15, 0.2) is 0 Å². The highest BCUT2D eigenvalue weighted by Gasteiger charge is 2.17. The summed E-state index contributed by atoms with van der Waals surface area (Å²) < 4.78 is 5.66. The van der Waals surface area contributed by atoms with Gasteiger partial charge in [0, 0.05) is 0 Å². The van der Waals surface area contributed by atoms with Gasteiger partial charge in [-0.3, -0.25) is 10.0 Å². The largest absolute Gasteiger partial charge is 0.488 e. The number of carboxylic acids is 2. The standard InChI is InChI=1S/C19H19NO7S/c21-16(20-26)11-28-9-8-13-2-1-3-15(17(13)19(24)25)27-10-12-4-6-14(7-5-12)18(22)23/h1-7,26H,8-11H2,(H,20,21)(H,22,23)(H,24,25). The number of benzene rings is 2. The Morgan fingerprint density at radius 3 is 2.32 bits per heavy atom. The summed E-state index contributed by atoms with van der Waals surface area (Å²) in [5, 5.41) is 27.0. The predicted molar refractivity (Wildman–Crippen MR) is 102 cm³/mol. The second kappa shape index (κ2) is 10.3. The number of aromatic carboxylic acids is 2. The zero-order chi connectivity index (χ0) is 20.5. The number of carboxylic acid groups (broad SMARTS) is 2. The van der Waals surface area contributed by atoms with Crippen LogP contribution < -0.4 is 10.2 Å². The van der Waals surface area contributed by atoms with Gasteiger partial charge in [0.2, 0.25) is 0 Å². The van der Waals surface area contributed by atoms with Crippen LogP contribution in [-0.4, -0.2) is 44.8 Å². The number of rotatable bonds is 10. The van der Waals surface area contributed by atoms with Crippen molar-refractivity contribution in [2.24, 2.45) is 0 Å². The lowest BCUT2D eigenvalue weighted by molar-refractivity contribution is -0.126. The van der Waals surface area contributed by atoms with Crippen LogP contribution in [0.2, 0.25) is 0 Å². The summed E-state index contributed by atoms with van der Waals surface area (Å²) >= 11 is 1.27. The molecule has 0 saturated heterocycles. The molecule has 28 heavy (non-hydrogen) atoms. The molecule has 0 aliphatic carbocycles. The normalized spacial score (nSPS) is 10.3. The lowest BCUT2D eigenvalue weighted by atomic mass is 10.0. The quantitative estimate of drug-likeness (QED) is 0.269. The van der Waals surface area contributed by atoms with Crippen LogP contribution >= 0.6 is 11.8 Å². The molecular weight excluding hydrogens is 386 g/mol. The molecule has 0 aromatic heterocycles. The van der Waals surface area contributed by atoms with E-state index in [0.29, 0.717) is 23.3 Å². The van der Waals surface area contributed by atoms with Crippen LogP contribution in [0.1, 0.15) is 31.8 Å². The number of ether oxygens (including phenoxy) is 1. The lowest BCUT2D eigenvalue weighted by Gasteiger charge is -2.13. The predicted octanol–water partition coefficient (Wildman–Crippen LogP) is 2.44. The van der Waals surface area contributed by atoms with E-state index in [4.69, 9.17) is 15.1 Å². The van der Waals surface area contributed by atoms with Crippen molar-refractivity contribution >= 4 is 29.6 Å². The number of amides is 1. The van der Waals surface area contributed by atoms with Gasteiger partial charge in [-0.15, -0.1) is 0 Å². The van der Waals surface area contributed by atoms with E-state index in [1.807, 2.05) is 0 Å². The average molecular weight is 405 g/mol. The second-order valence-corrected chi connectivity index (χ2v) is 6.83. The minimum Gasteiger partial charge on any atom is -0.488 e. The molecule has 0 bridgehead atoms. The molecule has 0 aliphatic rings. The monoisotopic (exact) mass is 405 g/mol. The van der Waals surface area contributed by atoms with Gasteiger partial charge in [-0.05, 0) is 41.5 Å². The highest BCUT2D eigenvalue weighted by molar-refractivity contribution is 7.99. The van der Waals surface area contributed by atoms with Crippen LogP contribution in [0.3, 0.4) is 0 Å². The lowest BCUT2D eigenvalue weighted by Crippen LogP contribution is -2.20. The first-order chi connectivity index (χ1) is 13.4. The summed E-state index contributed by atoms with van der Waals surface area (Å²) in [6, 6.07) is 11.1. The van der Waals surface area contributed by atoms with E-state index in [1.54, 1.807) is 30.3 Å². The molecule has 1 amide bonds. The molecular formula is C19H19NO7S. The Balaban J connectivity index is 2.06. The van der Waals surface area contributed by atoms with Crippen LogP contribution in [0.5, 0.6) is 5.75 Å². The van der Waals surface area contributed by atoms with Crippen LogP contribution in [0.4, 0.5) is 0 Å². The van der Waals surface area contributed by atoms with E-state index >= 15 is 0 Å². The molecule has 148 valence electrons. The van der Waals surface area contributed by atoms with E-state index in [-0.39, 0.29) is 29.2 Å². The van der Waals surface area contributed by atoms with Crippen molar-refractivity contribution in [2.75, 3.05) is 11.5 Å². The Morgan fingerprint density at radius 1 is 1.00 bits per heavy atom. The third-order valence-corrected chi connectivity index (χ3v) is 4.75. The van der Waals surface area contributed by atoms with Crippen molar-refractivity contribution in [2.45, 2.75) is 13.0 Å². The molecule has 8 nitrogen and oxygen atoms in total. The number of nitrogens with one attached hydrogen (secondary N) is 1. The van der Waals surface area contributed by atoms with Gasteiger partial charge in [-0.2, -0.15) is 11.8 Å². The van der Waals surface area contributed by atoms with E-state index in [2.05, 4.69) is 0 Å². The van der Waals surface area contributed by atoms with Crippen LogP contribution in [-0.2, 0) is 17.8 Å². The fraction of sp³-hybridized carbons (Fsp3) is 0.211. The zero-order valence-corrected chi connectivity index (χ0v) is 15.6. The Kier molecular flexibility index (Phi) is 7.85. The van der Waals surface area contributed by atoms with Crippen LogP contribution in [0.15, 0.2) is 42.5 Å². The highest BCUT2D eigenvalue weighted by Crippen LogP contribution is 2.25. The summed E-state index contributed by atoms with van der Waals surface area (Å²) in [4.78, 5) is 33.6. The van der Waals surface area contributed by atoms with Crippen molar-refractivity contribution in [1.82, 2.24) is 5.48 Å². The molecule has 0 atom stereocenters. The number of hydrogen-bond donors (Lipinski definition) is 4. The zero-order valence-electron chi connectivity index (χ0n) is 14.8. The first-order valence-corrected chi connectivity index (χ1v) is 9.38. The summed E-state index contributed by atoms with van der Waals surface area (Å²) in [5.74, 6) is -1.89. The van der Waals surface area contributed by atoms with Gasteiger partial charge in [0.1, 0.15) is 17.9 Å². The number of aryl methyl sites for hydroxylation is 1. The number of hydroxylamine groups is 1. The number of carbonyl (C=O) groups excluding carboxylic acids is 1. The van der Waals surface area contributed by atoms with E-state index in [1.165, 1.54) is 29.4 Å². The number of hydrogen-bond acceptors (Lipinski definition) is 6. The average Bonchev–Trinajstić information content (AvgIpc) is 2.69. The SMILES string of the molecule is O=C(CSCCc1cccc(OCc2ccc(C(=O)O)cc2)c1C(=O)O)NO. The maximum atomic E-state index is 11.7. The Morgan fingerprint density at radius 2 is 1.71 bits per heavy atom. The molecule has 0 heterocycles. The molecule has 0 fully saturated rings. The van der Waals surface area contributed by atoms with Crippen LogP contribution in [0.25, 0.3) is 0 Å². The fourth-order valence-corrected chi connectivity index (χ4v) is 3.19. The maximum absolute atomic E-state index is 11.7. The Hall–Kier alpha value is -3.04. The minimum absolute atomic E-state index is 0.0527. The fourth-order valence-electron chi connectivity index (χ4n) is 2.43. The van der Waals surface area contributed by atoms with Gasteiger partial charge in [-0.25, -0.2) is 15.1 Å². The first kappa shape index (κ1) is 21.3. The number of thioether (sulfide) groups is 1. The van der Waals surface area contributed by atoms with E-state index < -0.39 is 17.8 Å². The van der Waals surface area contributed by atoms with Crippen molar-refractivity contribution < 1.29 is 34.5 Å². The molecule has 2 aromatic rings. The summed E-state index contributed by atoms with van der Waals surface area (Å²) in [6.07, 6.45) is 0.412. The highest BCUT2D eigenvalue weighted by atomic mass is 32.2. The van der Waals surface area contributed by atoms with E-state index in [0.717, 1.165) is 0 Å². The molecule has 2 aromatic carbocycles. The summed E-state index contributed by atoms with van der Waals surface area (Å²) in [7, 11) is 0. The second-order valence-electron chi connectivity index (χ2n) is 5.72. The molecule has 2 rings (SSSR count). The molecule has 0 radical (unpaired) electrons. The minimum atomic E-state index is -1.12. The third kappa shape index (κ3) is 6.00. The maximum Gasteiger partial charge on any atom is 0.339 e. The van der Waals surface area contributed by atoms with Gasteiger partial charge in [0.05, 0.1) is 11.3 Å². The van der Waals surface area contributed by atoms with Crippen molar-refractivity contribution in [1.29, 1.82) is 0 Å². The van der Waals surface area contributed by atoms with Crippen molar-refractivity contribution in [3.8, 4) is 5.75 Å². The van der Waals surface area contributed by atoms with Gasteiger partial charge in [0.25, 0.3) is 5.91 Å². The van der Waals surface area contributed by atoms with Gasteiger partial charge in [-0.1, -0.05) is 24.3 Å². The first-order valence-electron chi connectivity index (χ1n) is 8.23. The van der Waals surface area contributed by atoms with Gasteiger partial charge >= 0.3 is 11.9 Å². The van der Waals surface area contributed by atoms with Crippen LogP contribution in [0, 0.1) is 0 Å². The summed E-state index contributed by atoms with van der Waals surface area (Å²) in [6.45, 7) is 0.0923. The van der Waals surface area contributed by atoms with E-state index in [9.17, 15) is 19.5 Å². The Bertz CT molecular complexity index is 852. The third-order valence-electron chi connectivity index (χ3n) is 3.80. The number of carbonyl (C=O) groups is 3. The summed E-state index contributed by atoms with van der Waals surface area (Å²) in [5.41, 5.74) is 3.03. The Labute approximate surface area is 165 Å². The molecule has 0 unspecified atom stereocenters. The molecule has 9 heteroatoms. The molecule has 0 aliphatic heterocycles. The molecule has 0 spiro atoms. The topological polar surface area (TPSA) is 133 Å². The van der Waals surface area contributed by atoms with Crippen molar-refractivity contribution in [3.63, 3.8) is 0 Å².